The maximum Gasteiger partial charge on any atom is 0.323 e. The molecule has 1 N–H and O–H groups in total. The second-order valence-corrected chi connectivity index (χ2v) is 4.21. The summed E-state index contributed by atoms with van der Waals surface area (Å²) in [6, 6.07) is 0.159. The summed E-state index contributed by atoms with van der Waals surface area (Å²) < 4.78 is 4.92. The number of carboxylic acids is 1. The maximum absolute atomic E-state index is 10.9. The Bertz CT molecular complexity index is 428. The molecule has 0 radical (unpaired) electrons. The van der Waals surface area contributed by atoms with E-state index in [0.717, 1.165) is 6.42 Å². The average Bonchev–Trinajstić information content (AvgIpc) is 2.35. The Morgan fingerprint density at radius 3 is 2.83 bits per heavy atom. The molecule has 1 rings (SSSR count). The molecule has 1 aromatic rings. The van der Waals surface area contributed by atoms with Crippen LogP contribution in [0.15, 0.2) is 6.20 Å². The Kier molecular flexibility index (Phi) is 5.15. The van der Waals surface area contributed by atoms with Gasteiger partial charge in [-0.3, -0.25) is 4.79 Å². The Morgan fingerprint density at radius 2 is 2.33 bits per heavy atom. The van der Waals surface area contributed by atoms with Crippen molar-refractivity contribution < 1.29 is 14.6 Å². The van der Waals surface area contributed by atoms with E-state index >= 15 is 0 Å². The maximum atomic E-state index is 10.9. The first-order valence-electron chi connectivity index (χ1n) is 5.54. The van der Waals surface area contributed by atoms with Crippen molar-refractivity contribution in [1.82, 2.24) is 9.97 Å². The van der Waals surface area contributed by atoms with E-state index in [9.17, 15) is 4.79 Å². The molecule has 0 aliphatic rings. The predicted molar refractivity (Wildman–Crippen MR) is 68.3 cm³/mol. The minimum absolute atomic E-state index is 0.00166. The number of hydrogen-bond donors (Lipinski definition) is 1. The van der Waals surface area contributed by atoms with Crippen molar-refractivity contribution in [1.29, 1.82) is 0 Å². The van der Waals surface area contributed by atoms with Crippen molar-refractivity contribution in [2.24, 2.45) is 0 Å². The van der Waals surface area contributed by atoms with Gasteiger partial charge in [-0.1, -0.05) is 18.5 Å². The molecule has 1 atom stereocenters. The molecule has 6 nitrogen and oxygen atoms in total. The molecule has 0 aliphatic carbocycles. The van der Waals surface area contributed by atoms with Crippen molar-refractivity contribution in [3.63, 3.8) is 0 Å². The molecule has 0 fully saturated rings. The molecule has 18 heavy (non-hydrogen) atoms. The Morgan fingerprint density at radius 1 is 1.67 bits per heavy atom. The predicted octanol–water partition coefficient (Wildman–Crippen LogP) is 1.83. The van der Waals surface area contributed by atoms with Gasteiger partial charge < -0.3 is 14.7 Å². The molecule has 0 saturated heterocycles. The summed E-state index contributed by atoms with van der Waals surface area (Å²) in [5.74, 6) is -0.566. The highest BCUT2D eigenvalue weighted by Gasteiger charge is 2.21. The quantitative estimate of drug-likeness (QED) is 0.852. The van der Waals surface area contributed by atoms with Gasteiger partial charge in [-0.15, -0.1) is 0 Å². The van der Waals surface area contributed by atoms with Crippen molar-refractivity contribution >= 4 is 23.4 Å². The molecule has 0 aliphatic heterocycles. The second-order valence-electron chi connectivity index (χ2n) is 3.81. The SMILES string of the molecule is CCC(C)N(CC(=O)O)c1nc(OC)ncc1Cl. The average molecular weight is 274 g/mol. The number of ether oxygens (including phenoxy) is 1. The van der Waals surface area contributed by atoms with Crippen LogP contribution in [-0.4, -0.2) is 40.7 Å². The molecule has 1 unspecified atom stereocenters. The molecule has 7 heteroatoms. The van der Waals surface area contributed by atoms with Crippen LogP contribution in [0.2, 0.25) is 5.02 Å². The first kappa shape index (κ1) is 14.5. The molecule has 0 saturated carbocycles. The highest BCUT2D eigenvalue weighted by Crippen LogP contribution is 2.26. The summed E-state index contributed by atoms with van der Waals surface area (Å²) in [5.41, 5.74) is 0. The fourth-order valence-electron chi connectivity index (χ4n) is 1.45. The Labute approximate surface area is 111 Å². The van der Waals surface area contributed by atoms with Gasteiger partial charge in [-0.2, -0.15) is 4.98 Å². The third-order valence-corrected chi connectivity index (χ3v) is 2.85. The van der Waals surface area contributed by atoms with E-state index < -0.39 is 5.97 Å². The van der Waals surface area contributed by atoms with E-state index in [0.29, 0.717) is 10.8 Å². The number of aromatic nitrogens is 2. The minimum Gasteiger partial charge on any atom is -0.480 e. The number of halogens is 1. The molecule has 1 aromatic heterocycles. The van der Waals surface area contributed by atoms with Crippen LogP contribution in [0.4, 0.5) is 5.82 Å². The lowest BCUT2D eigenvalue weighted by molar-refractivity contribution is -0.135. The molecule has 0 bridgehead atoms. The fraction of sp³-hybridized carbons (Fsp3) is 0.545. The van der Waals surface area contributed by atoms with Crippen LogP contribution < -0.4 is 9.64 Å². The van der Waals surface area contributed by atoms with Crippen LogP contribution in [0.25, 0.3) is 0 Å². The van der Waals surface area contributed by atoms with Crippen LogP contribution >= 0.6 is 11.6 Å². The number of methoxy groups -OCH3 is 1. The van der Waals surface area contributed by atoms with Crippen molar-refractivity contribution in [2.45, 2.75) is 26.3 Å². The standard InChI is InChI=1S/C11H16ClN3O3/c1-4-7(2)15(6-9(16)17)10-8(12)5-13-11(14-10)18-3/h5,7H,4,6H2,1-3H3,(H,16,17). The smallest absolute Gasteiger partial charge is 0.323 e. The first-order chi connectivity index (χ1) is 8.49. The molecule has 1 heterocycles. The molecular formula is C11H16ClN3O3. The number of nitrogens with zero attached hydrogens (tertiary/aromatic N) is 3. The van der Waals surface area contributed by atoms with Crippen LogP contribution in [-0.2, 0) is 4.79 Å². The molecule has 0 spiro atoms. The highest BCUT2D eigenvalue weighted by atomic mass is 35.5. The number of anilines is 1. The van der Waals surface area contributed by atoms with Gasteiger partial charge >= 0.3 is 12.0 Å². The van der Waals surface area contributed by atoms with E-state index in [1.165, 1.54) is 13.3 Å². The van der Waals surface area contributed by atoms with Gasteiger partial charge in [0, 0.05) is 6.04 Å². The Balaban J connectivity index is 3.14. The van der Waals surface area contributed by atoms with Crippen LogP contribution in [0.1, 0.15) is 20.3 Å². The number of rotatable bonds is 6. The molecular weight excluding hydrogens is 258 g/mol. The largest absolute Gasteiger partial charge is 0.480 e. The zero-order chi connectivity index (χ0) is 13.7. The number of aliphatic carboxylic acids is 1. The van der Waals surface area contributed by atoms with E-state index in [2.05, 4.69) is 9.97 Å². The van der Waals surface area contributed by atoms with Crippen LogP contribution in [0.5, 0.6) is 6.01 Å². The number of carboxylic acid groups (broad SMARTS) is 1. The van der Waals surface area contributed by atoms with Crippen molar-refractivity contribution in [3.05, 3.63) is 11.2 Å². The fourth-order valence-corrected chi connectivity index (χ4v) is 1.65. The van der Waals surface area contributed by atoms with E-state index in [1.54, 1.807) is 4.90 Å². The van der Waals surface area contributed by atoms with Gasteiger partial charge in [0.05, 0.1) is 13.3 Å². The van der Waals surface area contributed by atoms with Gasteiger partial charge in [0.25, 0.3) is 0 Å². The van der Waals surface area contributed by atoms with Gasteiger partial charge in [0.2, 0.25) is 0 Å². The summed E-state index contributed by atoms with van der Waals surface area (Å²) in [6.07, 6.45) is 2.18. The zero-order valence-electron chi connectivity index (χ0n) is 10.6. The highest BCUT2D eigenvalue weighted by molar-refractivity contribution is 6.32. The third-order valence-electron chi connectivity index (χ3n) is 2.59. The topological polar surface area (TPSA) is 75.6 Å². The van der Waals surface area contributed by atoms with Gasteiger partial charge in [-0.05, 0) is 13.3 Å². The minimum atomic E-state index is -0.941. The third kappa shape index (κ3) is 3.46. The lowest BCUT2D eigenvalue weighted by Gasteiger charge is -2.28. The van der Waals surface area contributed by atoms with Crippen molar-refractivity contribution in [2.75, 3.05) is 18.6 Å². The van der Waals surface area contributed by atoms with Gasteiger partial charge in [-0.25, -0.2) is 4.98 Å². The van der Waals surface area contributed by atoms with E-state index in [-0.39, 0.29) is 18.6 Å². The first-order valence-corrected chi connectivity index (χ1v) is 5.92. The number of carbonyl (C=O) groups is 1. The summed E-state index contributed by atoms with van der Waals surface area (Å²) in [7, 11) is 1.44. The van der Waals surface area contributed by atoms with Crippen molar-refractivity contribution in [3.8, 4) is 6.01 Å². The summed E-state index contributed by atoms with van der Waals surface area (Å²) in [4.78, 5) is 20.5. The van der Waals surface area contributed by atoms with Crippen LogP contribution in [0, 0.1) is 0 Å². The summed E-state index contributed by atoms with van der Waals surface area (Å²) in [6.45, 7) is 3.70. The zero-order valence-corrected chi connectivity index (χ0v) is 11.3. The molecule has 0 aromatic carbocycles. The second kappa shape index (κ2) is 6.39. The van der Waals surface area contributed by atoms with E-state index in [4.69, 9.17) is 21.4 Å². The summed E-state index contributed by atoms with van der Waals surface area (Å²) >= 11 is 6.02. The van der Waals surface area contributed by atoms with E-state index in [1.807, 2.05) is 13.8 Å². The van der Waals surface area contributed by atoms with Gasteiger partial charge in [0.15, 0.2) is 5.82 Å². The monoisotopic (exact) mass is 273 g/mol. The molecule has 100 valence electrons. The van der Waals surface area contributed by atoms with Crippen LogP contribution in [0.3, 0.4) is 0 Å². The Hall–Kier alpha value is -1.56. The number of hydrogen-bond acceptors (Lipinski definition) is 5. The lowest BCUT2D eigenvalue weighted by atomic mass is 10.2. The lowest BCUT2D eigenvalue weighted by Crippen LogP contribution is -2.38. The van der Waals surface area contributed by atoms with Gasteiger partial charge in [0.1, 0.15) is 11.6 Å². The molecule has 0 amide bonds. The summed E-state index contributed by atoms with van der Waals surface area (Å²) in [5, 5.41) is 9.25. The normalized spacial score (nSPS) is 12.0.